The molecule has 0 spiro atoms. The van der Waals surface area contributed by atoms with Crippen LogP contribution in [0.3, 0.4) is 0 Å². The highest BCUT2D eigenvalue weighted by molar-refractivity contribution is 5.88. The van der Waals surface area contributed by atoms with Crippen LogP contribution in [0.15, 0.2) is 23.3 Å². The largest absolute Gasteiger partial charge is 0.381 e. The third-order valence-corrected chi connectivity index (χ3v) is 4.04. The van der Waals surface area contributed by atoms with Crippen LogP contribution in [0.5, 0.6) is 0 Å². The zero-order chi connectivity index (χ0) is 13.2. The fourth-order valence-electron chi connectivity index (χ4n) is 2.88. The highest BCUT2D eigenvalue weighted by Gasteiger charge is 2.33. The van der Waals surface area contributed by atoms with E-state index in [4.69, 9.17) is 4.74 Å². The van der Waals surface area contributed by atoms with Crippen molar-refractivity contribution in [1.82, 2.24) is 0 Å². The maximum atomic E-state index is 5.34. The minimum Gasteiger partial charge on any atom is -0.381 e. The summed E-state index contributed by atoms with van der Waals surface area (Å²) in [7, 11) is 1.80. The molecular weight excluding hydrogens is 236 g/mol. The van der Waals surface area contributed by atoms with Crippen LogP contribution in [0, 0.1) is 5.92 Å². The summed E-state index contributed by atoms with van der Waals surface area (Å²) < 4.78 is 7.42. The van der Waals surface area contributed by atoms with E-state index in [2.05, 4.69) is 41.1 Å². The first-order chi connectivity index (χ1) is 9.31. The Balaban J connectivity index is 1.84. The van der Waals surface area contributed by atoms with Gasteiger partial charge in [-0.05, 0) is 30.4 Å². The molecule has 3 heteroatoms. The van der Waals surface area contributed by atoms with Gasteiger partial charge >= 0.3 is 0 Å². The molecule has 1 fully saturated rings. The maximum absolute atomic E-state index is 5.34. The van der Waals surface area contributed by atoms with E-state index in [1.165, 1.54) is 23.2 Å². The molecule has 0 amide bonds. The number of rotatable bonds is 4. The SMILES string of the molecule is CCCc1cccc2c1/[N+](=C\C1CC(OC)C1)N=C2. The number of hydrogen-bond acceptors (Lipinski definition) is 2. The van der Waals surface area contributed by atoms with E-state index >= 15 is 0 Å². The Morgan fingerprint density at radius 1 is 1.42 bits per heavy atom. The molecule has 2 aliphatic rings. The third kappa shape index (κ3) is 2.35. The smallest absolute Gasteiger partial charge is 0.249 e. The number of hydrogen-bond donors (Lipinski definition) is 0. The van der Waals surface area contributed by atoms with Crippen molar-refractivity contribution in [1.29, 1.82) is 0 Å². The molecule has 19 heavy (non-hydrogen) atoms. The van der Waals surface area contributed by atoms with Crippen molar-refractivity contribution in [2.45, 2.75) is 38.7 Å². The minimum atomic E-state index is 0.443. The lowest BCUT2D eigenvalue weighted by atomic mass is 9.83. The van der Waals surface area contributed by atoms with Crippen molar-refractivity contribution >= 4 is 18.1 Å². The van der Waals surface area contributed by atoms with Gasteiger partial charge in [-0.25, -0.2) is 0 Å². The number of hydrazone groups is 1. The Kier molecular flexibility index (Phi) is 3.47. The van der Waals surface area contributed by atoms with Crippen LogP contribution in [0.4, 0.5) is 5.69 Å². The van der Waals surface area contributed by atoms with Gasteiger partial charge in [0.25, 0.3) is 0 Å². The van der Waals surface area contributed by atoms with Crippen LogP contribution in [-0.4, -0.2) is 30.3 Å². The Morgan fingerprint density at radius 2 is 2.26 bits per heavy atom. The molecule has 3 nitrogen and oxygen atoms in total. The summed E-state index contributed by atoms with van der Waals surface area (Å²) in [6, 6.07) is 6.49. The second kappa shape index (κ2) is 5.25. The first-order valence-electron chi connectivity index (χ1n) is 7.14. The molecule has 0 N–H and O–H groups in total. The molecule has 3 rings (SSSR count). The van der Waals surface area contributed by atoms with E-state index in [0.29, 0.717) is 12.0 Å². The molecule has 0 bridgehead atoms. The van der Waals surface area contributed by atoms with Crippen molar-refractivity contribution in [3.05, 3.63) is 29.3 Å². The number of fused-ring (bicyclic) bond motifs is 1. The molecule has 1 aromatic rings. The van der Waals surface area contributed by atoms with E-state index in [1.807, 2.05) is 6.21 Å². The lowest BCUT2D eigenvalue weighted by Crippen LogP contribution is -2.32. The van der Waals surface area contributed by atoms with E-state index in [0.717, 1.165) is 19.3 Å². The van der Waals surface area contributed by atoms with Crippen molar-refractivity contribution in [2.24, 2.45) is 11.0 Å². The predicted octanol–water partition coefficient (Wildman–Crippen LogP) is 3.13. The van der Waals surface area contributed by atoms with Gasteiger partial charge in [0, 0.05) is 18.6 Å². The average Bonchev–Trinajstić information content (AvgIpc) is 2.78. The summed E-state index contributed by atoms with van der Waals surface area (Å²) in [6.07, 6.45) is 9.19. The number of para-hydroxylation sites is 1. The molecule has 0 unspecified atom stereocenters. The van der Waals surface area contributed by atoms with Gasteiger partial charge in [-0.15, -0.1) is 0 Å². The molecule has 0 aromatic heterocycles. The van der Waals surface area contributed by atoms with Crippen LogP contribution in [-0.2, 0) is 11.2 Å². The predicted molar refractivity (Wildman–Crippen MR) is 77.5 cm³/mol. The zero-order valence-corrected chi connectivity index (χ0v) is 11.7. The maximum Gasteiger partial charge on any atom is 0.249 e. The summed E-state index contributed by atoms with van der Waals surface area (Å²) in [6.45, 7) is 2.22. The number of benzene rings is 1. The van der Waals surface area contributed by atoms with Gasteiger partial charge in [0.15, 0.2) is 6.21 Å². The number of aryl methyl sites for hydroxylation is 1. The lowest BCUT2D eigenvalue weighted by molar-refractivity contribution is -0.439. The highest BCUT2D eigenvalue weighted by Crippen LogP contribution is 2.32. The fraction of sp³-hybridized carbons (Fsp3) is 0.500. The average molecular weight is 257 g/mol. The summed E-state index contributed by atoms with van der Waals surface area (Å²) in [5.74, 6) is 0.600. The van der Waals surface area contributed by atoms with E-state index in [1.54, 1.807) is 7.11 Å². The first-order valence-corrected chi connectivity index (χ1v) is 7.14. The van der Waals surface area contributed by atoms with Crippen molar-refractivity contribution in [3.63, 3.8) is 0 Å². The van der Waals surface area contributed by atoms with Gasteiger partial charge < -0.3 is 4.74 Å². The molecule has 0 atom stereocenters. The molecule has 1 saturated carbocycles. The molecule has 1 aliphatic heterocycles. The second-order valence-corrected chi connectivity index (χ2v) is 5.43. The lowest BCUT2D eigenvalue weighted by Gasteiger charge is -2.29. The Bertz CT molecular complexity index is 528. The van der Waals surface area contributed by atoms with Gasteiger partial charge in [0.2, 0.25) is 5.69 Å². The monoisotopic (exact) mass is 257 g/mol. The highest BCUT2D eigenvalue weighted by atomic mass is 16.5. The van der Waals surface area contributed by atoms with Crippen molar-refractivity contribution < 1.29 is 9.42 Å². The summed E-state index contributed by atoms with van der Waals surface area (Å²) in [5.41, 5.74) is 3.92. The van der Waals surface area contributed by atoms with Crippen LogP contribution < -0.4 is 0 Å². The summed E-state index contributed by atoms with van der Waals surface area (Å²) in [5, 5.41) is 4.53. The van der Waals surface area contributed by atoms with E-state index < -0.39 is 0 Å². The van der Waals surface area contributed by atoms with Crippen LogP contribution in [0.25, 0.3) is 0 Å². The number of methoxy groups -OCH3 is 1. The molecule has 0 radical (unpaired) electrons. The normalized spacial score (nSPS) is 26.5. The fourth-order valence-corrected chi connectivity index (χ4v) is 2.88. The Morgan fingerprint density at radius 3 is 3.00 bits per heavy atom. The van der Waals surface area contributed by atoms with Crippen LogP contribution >= 0.6 is 0 Å². The molecular formula is C16H21N2O+. The van der Waals surface area contributed by atoms with Gasteiger partial charge in [0.1, 0.15) is 6.21 Å². The van der Waals surface area contributed by atoms with Crippen molar-refractivity contribution in [3.8, 4) is 0 Å². The quantitative estimate of drug-likeness (QED) is 0.761. The number of nitrogens with zero attached hydrogens (tertiary/aromatic N) is 2. The van der Waals surface area contributed by atoms with Crippen molar-refractivity contribution in [2.75, 3.05) is 7.11 Å². The van der Waals surface area contributed by atoms with Gasteiger partial charge in [-0.3, -0.25) is 0 Å². The van der Waals surface area contributed by atoms with E-state index in [9.17, 15) is 0 Å². The second-order valence-electron chi connectivity index (χ2n) is 5.43. The standard InChI is InChI=1S/C16H21N2O/c1-3-5-13-6-4-7-14-10-17-18(16(13)14)11-12-8-15(9-12)19-2/h4,6-7,10-12,15H,3,5,8-9H2,1-2H3/q+1/b18-11+. The molecule has 1 heterocycles. The zero-order valence-electron chi connectivity index (χ0n) is 11.7. The van der Waals surface area contributed by atoms with Crippen LogP contribution in [0.1, 0.15) is 37.3 Å². The topological polar surface area (TPSA) is 24.6 Å². The van der Waals surface area contributed by atoms with Gasteiger partial charge in [-0.2, -0.15) is 0 Å². The molecule has 1 aliphatic carbocycles. The molecule has 1 aromatic carbocycles. The minimum absolute atomic E-state index is 0.443. The van der Waals surface area contributed by atoms with Crippen LogP contribution in [0.2, 0.25) is 0 Å². The van der Waals surface area contributed by atoms with E-state index in [-0.39, 0.29) is 0 Å². The molecule has 0 saturated heterocycles. The Labute approximate surface area is 114 Å². The Hall–Kier alpha value is -1.48. The third-order valence-electron chi connectivity index (χ3n) is 4.04. The number of ether oxygens (including phenoxy) is 1. The van der Waals surface area contributed by atoms with Gasteiger partial charge in [0.05, 0.1) is 11.7 Å². The summed E-state index contributed by atoms with van der Waals surface area (Å²) in [4.78, 5) is 0. The van der Waals surface area contributed by atoms with Gasteiger partial charge in [-0.1, -0.05) is 30.2 Å². The summed E-state index contributed by atoms with van der Waals surface area (Å²) >= 11 is 0. The first kappa shape index (κ1) is 12.5. The molecule has 100 valence electrons.